The summed E-state index contributed by atoms with van der Waals surface area (Å²) in [6.07, 6.45) is 1.29. The molecule has 0 radical (unpaired) electrons. The molecule has 2 aromatic carbocycles. The number of urea groups is 1. The van der Waals surface area contributed by atoms with Gasteiger partial charge in [-0.3, -0.25) is 4.79 Å². The molecule has 2 aromatic rings. The van der Waals surface area contributed by atoms with Gasteiger partial charge in [0.05, 0.1) is 19.6 Å². The number of piperidine rings is 1. The topological polar surface area (TPSA) is 90.9 Å². The highest BCUT2D eigenvalue weighted by Gasteiger charge is 2.21. The molecule has 1 saturated heterocycles. The van der Waals surface area contributed by atoms with Crippen LogP contribution in [-0.4, -0.2) is 48.2 Å². The number of ether oxygens (including phenoxy) is 1. The number of anilines is 2. The summed E-state index contributed by atoms with van der Waals surface area (Å²) in [4.78, 5) is 26.3. The Morgan fingerprint density at radius 2 is 1.75 bits per heavy atom. The van der Waals surface area contributed by atoms with Gasteiger partial charge >= 0.3 is 6.03 Å². The first-order valence-electron chi connectivity index (χ1n) is 9.30. The van der Waals surface area contributed by atoms with Crippen LogP contribution in [0.3, 0.4) is 0 Å². The minimum absolute atomic E-state index is 0.0587. The largest absolute Gasteiger partial charge is 0.497 e. The molecule has 0 unspecified atom stereocenters. The number of hydrogen-bond donors (Lipinski definition) is 3. The number of likely N-dealkylation sites (tertiary alicyclic amines) is 1. The zero-order valence-electron chi connectivity index (χ0n) is 15.9. The zero-order valence-corrected chi connectivity index (χ0v) is 15.9. The van der Waals surface area contributed by atoms with E-state index in [2.05, 4.69) is 10.6 Å². The number of nitrogens with zero attached hydrogens (tertiary/aromatic N) is 1. The third-order valence-corrected chi connectivity index (χ3v) is 4.71. The summed E-state index contributed by atoms with van der Waals surface area (Å²) in [5, 5.41) is 15.0. The van der Waals surface area contributed by atoms with Crippen LogP contribution < -0.4 is 15.4 Å². The monoisotopic (exact) mass is 383 g/mol. The second kappa shape index (κ2) is 9.23. The lowest BCUT2D eigenvalue weighted by molar-refractivity contribution is -0.132. The molecule has 28 heavy (non-hydrogen) atoms. The average Bonchev–Trinajstić information content (AvgIpc) is 2.70. The summed E-state index contributed by atoms with van der Waals surface area (Å²) < 4.78 is 5.13. The van der Waals surface area contributed by atoms with Gasteiger partial charge in [-0.25, -0.2) is 4.79 Å². The zero-order chi connectivity index (χ0) is 19.9. The highest BCUT2D eigenvalue weighted by molar-refractivity contribution is 5.99. The van der Waals surface area contributed by atoms with Crippen LogP contribution in [0.25, 0.3) is 0 Å². The molecule has 1 aliphatic heterocycles. The Morgan fingerprint density at radius 3 is 2.43 bits per heavy atom. The van der Waals surface area contributed by atoms with Gasteiger partial charge in [0.2, 0.25) is 5.91 Å². The molecule has 1 aliphatic rings. The van der Waals surface area contributed by atoms with E-state index in [0.29, 0.717) is 49.5 Å². The van der Waals surface area contributed by atoms with Crippen LogP contribution in [0.1, 0.15) is 18.4 Å². The van der Waals surface area contributed by atoms with E-state index < -0.39 is 0 Å². The van der Waals surface area contributed by atoms with E-state index in [0.717, 1.165) is 5.56 Å². The van der Waals surface area contributed by atoms with Gasteiger partial charge in [-0.2, -0.15) is 0 Å². The van der Waals surface area contributed by atoms with Crippen LogP contribution >= 0.6 is 0 Å². The van der Waals surface area contributed by atoms with Gasteiger partial charge < -0.3 is 25.4 Å². The second-order valence-electron chi connectivity index (χ2n) is 6.80. The van der Waals surface area contributed by atoms with Gasteiger partial charge in [0.15, 0.2) is 0 Å². The molecule has 148 valence electrons. The lowest BCUT2D eigenvalue weighted by atomic mass is 10.1. The molecular weight excluding hydrogens is 358 g/mol. The molecule has 3 amide bonds. The van der Waals surface area contributed by atoms with Crippen molar-refractivity contribution in [1.29, 1.82) is 0 Å². The van der Waals surface area contributed by atoms with E-state index >= 15 is 0 Å². The number of aliphatic hydroxyl groups is 1. The van der Waals surface area contributed by atoms with Gasteiger partial charge in [0.1, 0.15) is 5.75 Å². The normalized spacial score (nSPS) is 14.4. The third kappa shape index (κ3) is 5.47. The van der Waals surface area contributed by atoms with Gasteiger partial charge in [0, 0.05) is 30.5 Å². The van der Waals surface area contributed by atoms with Crippen molar-refractivity contribution in [2.75, 3.05) is 30.8 Å². The Bertz CT molecular complexity index is 815. The molecule has 1 fully saturated rings. The number of nitrogens with one attached hydrogen (secondary N) is 2. The number of aliphatic hydroxyl groups excluding tert-OH is 1. The number of rotatable bonds is 5. The molecule has 0 saturated carbocycles. The number of carbonyl (C=O) groups excluding carboxylic acids is 2. The standard InChI is InChI=1S/C21H25N3O4/c1-28-19-4-2-3-17(14-19)23-21(27)22-16-7-5-15(6-8-16)13-20(26)24-11-9-18(25)10-12-24/h2-8,14,18,25H,9-13H2,1H3,(H2,22,23,27). The van der Waals surface area contributed by atoms with Crippen LogP contribution in [0.5, 0.6) is 5.75 Å². The quantitative estimate of drug-likeness (QED) is 0.740. The first-order valence-corrected chi connectivity index (χ1v) is 9.30. The van der Waals surface area contributed by atoms with Gasteiger partial charge in [-0.15, -0.1) is 0 Å². The third-order valence-electron chi connectivity index (χ3n) is 4.71. The van der Waals surface area contributed by atoms with Crippen molar-refractivity contribution in [3.8, 4) is 5.75 Å². The first kappa shape index (κ1) is 19.7. The van der Waals surface area contributed by atoms with E-state index in [1.165, 1.54) is 0 Å². The predicted octanol–water partition coefficient (Wildman–Crippen LogP) is 2.87. The van der Waals surface area contributed by atoms with Crippen LogP contribution in [0.2, 0.25) is 0 Å². The molecule has 7 nitrogen and oxygen atoms in total. The Morgan fingerprint density at radius 1 is 1.07 bits per heavy atom. The minimum atomic E-state index is -0.357. The van der Waals surface area contributed by atoms with Crippen molar-refractivity contribution >= 4 is 23.3 Å². The van der Waals surface area contributed by atoms with E-state index in [1.807, 2.05) is 12.1 Å². The predicted molar refractivity (Wildman–Crippen MR) is 108 cm³/mol. The molecule has 3 rings (SSSR count). The number of benzene rings is 2. The second-order valence-corrected chi connectivity index (χ2v) is 6.80. The van der Waals surface area contributed by atoms with Crippen LogP contribution in [0.4, 0.5) is 16.2 Å². The molecule has 3 N–H and O–H groups in total. The smallest absolute Gasteiger partial charge is 0.323 e. The fourth-order valence-corrected chi connectivity index (χ4v) is 3.10. The Labute approximate surface area is 164 Å². The summed E-state index contributed by atoms with van der Waals surface area (Å²) >= 11 is 0. The molecular formula is C21H25N3O4. The van der Waals surface area contributed by atoms with Crippen LogP contribution in [0, 0.1) is 0 Å². The maximum Gasteiger partial charge on any atom is 0.323 e. The maximum atomic E-state index is 12.3. The summed E-state index contributed by atoms with van der Waals surface area (Å²) in [6.45, 7) is 1.20. The fraction of sp³-hybridized carbons (Fsp3) is 0.333. The Hall–Kier alpha value is -3.06. The van der Waals surface area contributed by atoms with Crippen molar-refractivity contribution in [3.05, 3.63) is 54.1 Å². The number of amides is 3. The SMILES string of the molecule is COc1cccc(NC(=O)Nc2ccc(CC(=O)N3CCC(O)CC3)cc2)c1. The lowest BCUT2D eigenvalue weighted by Gasteiger charge is -2.29. The summed E-state index contributed by atoms with van der Waals surface area (Å²) in [5.74, 6) is 0.721. The number of carbonyl (C=O) groups is 2. The Balaban J connectivity index is 1.51. The van der Waals surface area contributed by atoms with Crippen molar-refractivity contribution in [2.24, 2.45) is 0 Å². The van der Waals surface area contributed by atoms with E-state index in [1.54, 1.807) is 48.4 Å². The molecule has 0 bridgehead atoms. The number of hydrogen-bond acceptors (Lipinski definition) is 4. The average molecular weight is 383 g/mol. The maximum absolute atomic E-state index is 12.3. The molecule has 1 heterocycles. The van der Waals surface area contributed by atoms with Gasteiger partial charge in [0.25, 0.3) is 0 Å². The van der Waals surface area contributed by atoms with Crippen molar-refractivity contribution < 1.29 is 19.4 Å². The van der Waals surface area contributed by atoms with Gasteiger partial charge in [-0.05, 0) is 42.7 Å². The summed E-state index contributed by atoms with van der Waals surface area (Å²) in [6, 6.07) is 13.9. The minimum Gasteiger partial charge on any atom is -0.497 e. The summed E-state index contributed by atoms with van der Waals surface area (Å²) in [5.41, 5.74) is 2.15. The van der Waals surface area contributed by atoms with Gasteiger partial charge in [-0.1, -0.05) is 18.2 Å². The molecule has 0 aliphatic carbocycles. The Kier molecular flexibility index (Phi) is 6.49. The molecule has 0 aromatic heterocycles. The van der Waals surface area contributed by atoms with E-state index in [9.17, 15) is 14.7 Å². The lowest BCUT2D eigenvalue weighted by Crippen LogP contribution is -2.40. The van der Waals surface area contributed by atoms with E-state index in [-0.39, 0.29) is 18.0 Å². The number of methoxy groups -OCH3 is 1. The van der Waals surface area contributed by atoms with Crippen LogP contribution in [0.15, 0.2) is 48.5 Å². The molecule has 0 atom stereocenters. The van der Waals surface area contributed by atoms with Crippen LogP contribution in [-0.2, 0) is 11.2 Å². The van der Waals surface area contributed by atoms with Crippen molar-refractivity contribution in [3.63, 3.8) is 0 Å². The fourth-order valence-electron chi connectivity index (χ4n) is 3.10. The molecule has 0 spiro atoms. The molecule has 7 heteroatoms. The van der Waals surface area contributed by atoms with E-state index in [4.69, 9.17) is 4.74 Å². The van der Waals surface area contributed by atoms with Crippen molar-refractivity contribution in [1.82, 2.24) is 4.90 Å². The summed E-state index contributed by atoms with van der Waals surface area (Å²) in [7, 11) is 1.57. The first-order chi connectivity index (χ1) is 13.5. The van der Waals surface area contributed by atoms with Crippen molar-refractivity contribution in [2.45, 2.75) is 25.4 Å². The highest BCUT2D eigenvalue weighted by atomic mass is 16.5. The highest BCUT2D eigenvalue weighted by Crippen LogP contribution is 2.18.